The summed E-state index contributed by atoms with van der Waals surface area (Å²) < 4.78 is 19.4. The first-order chi connectivity index (χ1) is 12.4. The second kappa shape index (κ2) is 7.82. The second-order valence-corrected chi connectivity index (χ2v) is 6.86. The van der Waals surface area contributed by atoms with Crippen molar-refractivity contribution in [2.75, 3.05) is 26.2 Å². The lowest BCUT2D eigenvalue weighted by atomic mass is 10.2. The highest BCUT2D eigenvalue weighted by Gasteiger charge is 2.26. The summed E-state index contributed by atoms with van der Waals surface area (Å²) in [6, 6.07) is 6.13. The summed E-state index contributed by atoms with van der Waals surface area (Å²) in [5.41, 5.74) is 0.981. The number of rotatable bonds is 3. The Balaban J connectivity index is 1.57. The van der Waals surface area contributed by atoms with E-state index in [0.29, 0.717) is 37.4 Å². The molecule has 3 rings (SSSR count). The third-order valence-electron chi connectivity index (χ3n) is 4.08. The third-order valence-corrected chi connectivity index (χ3v) is 4.57. The minimum absolute atomic E-state index is 0.201. The van der Waals surface area contributed by atoms with E-state index >= 15 is 0 Å². The van der Waals surface area contributed by atoms with Gasteiger partial charge in [0.05, 0.1) is 5.69 Å². The van der Waals surface area contributed by atoms with Crippen LogP contribution in [0.3, 0.4) is 0 Å². The molecule has 1 saturated heterocycles. The molecule has 0 bridgehead atoms. The van der Waals surface area contributed by atoms with E-state index in [2.05, 4.69) is 21.1 Å². The van der Waals surface area contributed by atoms with Crippen molar-refractivity contribution in [1.29, 1.82) is 0 Å². The van der Waals surface area contributed by atoms with E-state index in [9.17, 15) is 14.0 Å². The van der Waals surface area contributed by atoms with Gasteiger partial charge in [0.15, 0.2) is 0 Å². The average Bonchev–Trinajstić information content (AvgIpc) is 3.08. The number of nitrogens with zero attached hydrogens (tertiary/aromatic N) is 3. The Morgan fingerprint density at radius 2 is 1.88 bits per heavy atom. The number of benzene rings is 1. The average molecular weight is 422 g/mol. The van der Waals surface area contributed by atoms with E-state index in [1.807, 2.05) is 0 Å². The summed E-state index contributed by atoms with van der Waals surface area (Å²) in [7, 11) is 0. The summed E-state index contributed by atoms with van der Waals surface area (Å²) in [6.07, 6.45) is 2.80. The highest BCUT2D eigenvalue weighted by molar-refractivity contribution is 9.10. The fourth-order valence-electron chi connectivity index (χ4n) is 2.66. The van der Waals surface area contributed by atoms with E-state index < -0.39 is 5.82 Å². The second-order valence-electron chi connectivity index (χ2n) is 5.95. The Morgan fingerprint density at radius 1 is 1.19 bits per heavy atom. The molecule has 2 amide bonds. The smallest absolute Gasteiger partial charge is 0.292 e. The van der Waals surface area contributed by atoms with Crippen LogP contribution in [0.1, 0.15) is 21.8 Å². The number of aromatic nitrogens is 1. The number of hydrogen-bond donors (Lipinski definition) is 0. The van der Waals surface area contributed by atoms with E-state index in [1.54, 1.807) is 34.9 Å². The summed E-state index contributed by atoms with van der Waals surface area (Å²) in [6.45, 7) is 3.37. The van der Waals surface area contributed by atoms with Crippen LogP contribution >= 0.6 is 15.9 Å². The molecule has 1 aromatic carbocycles. The van der Waals surface area contributed by atoms with Crippen LogP contribution < -0.4 is 0 Å². The molecular weight excluding hydrogens is 405 g/mol. The summed E-state index contributed by atoms with van der Waals surface area (Å²) in [5, 5.41) is 3.71. The van der Waals surface area contributed by atoms with Crippen molar-refractivity contribution in [1.82, 2.24) is 15.0 Å². The molecule has 1 aromatic heterocycles. The van der Waals surface area contributed by atoms with Gasteiger partial charge in [-0.2, -0.15) is 0 Å². The molecule has 2 heterocycles. The Bertz CT molecular complexity index is 857. The van der Waals surface area contributed by atoms with E-state index in [1.165, 1.54) is 18.2 Å². The number of piperazine rings is 1. The fourth-order valence-corrected chi connectivity index (χ4v) is 3.04. The van der Waals surface area contributed by atoms with E-state index in [0.717, 1.165) is 4.47 Å². The first-order valence-corrected chi connectivity index (χ1v) is 8.88. The van der Waals surface area contributed by atoms with Gasteiger partial charge in [-0.1, -0.05) is 21.1 Å². The van der Waals surface area contributed by atoms with Gasteiger partial charge in [-0.25, -0.2) is 4.39 Å². The normalized spacial score (nSPS) is 14.9. The predicted octanol–water partition coefficient (Wildman–Crippen LogP) is 2.88. The maximum absolute atomic E-state index is 13.7. The molecule has 8 heteroatoms. The van der Waals surface area contributed by atoms with Gasteiger partial charge in [-0.15, -0.1) is 0 Å². The fraction of sp³-hybridized carbons (Fsp3) is 0.278. The Hall–Kier alpha value is -2.48. The highest BCUT2D eigenvalue weighted by Crippen LogP contribution is 2.17. The van der Waals surface area contributed by atoms with Crippen molar-refractivity contribution >= 4 is 33.8 Å². The summed E-state index contributed by atoms with van der Waals surface area (Å²) in [4.78, 5) is 27.8. The van der Waals surface area contributed by atoms with Crippen molar-refractivity contribution in [2.45, 2.75) is 6.92 Å². The van der Waals surface area contributed by atoms with Gasteiger partial charge in [0.25, 0.3) is 5.91 Å². The monoisotopic (exact) mass is 421 g/mol. The molecule has 1 aliphatic heterocycles. The van der Waals surface area contributed by atoms with Crippen LogP contribution in [0.5, 0.6) is 0 Å². The molecule has 0 spiro atoms. The largest absolute Gasteiger partial charge is 0.351 e. The lowest BCUT2D eigenvalue weighted by Gasteiger charge is -2.33. The number of amides is 2. The molecule has 136 valence electrons. The molecule has 1 fully saturated rings. The third kappa shape index (κ3) is 4.19. The van der Waals surface area contributed by atoms with Crippen LogP contribution in [0.2, 0.25) is 0 Å². The molecule has 0 radical (unpaired) electrons. The van der Waals surface area contributed by atoms with Gasteiger partial charge in [0, 0.05) is 48.4 Å². The molecule has 0 unspecified atom stereocenters. The van der Waals surface area contributed by atoms with E-state index in [4.69, 9.17) is 4.52 Å². The lowest BCUT2D eigenvalue weighted by molar-refractivity contribution is -0.127. The number of aryl methyl sites for hydroxylation is 1. The van der Waals surface area contributed by atoms with E-state index in [-0.39, 0.29) is 17.6 Å². The maximum atomic E-state index is 13.7. The zero-order valence-electron chi connectivity index (χ0n) is 14.1. The number of carbonyl (C=O) groups excluding carboxylic acids is 2. The zero-order chi connectivity index (χ0) is 18.7. The molecule has 26 heavy (non-hydrogen) atoms. The van der Waals surface area contributed by atoms with Crippen LogP contribution in [0.4, 0.5) is 4.39 Å². The first kappa shape index (κ1) is 18.3. The molecule has 0 atom stereocenters. The zero-order valence-corrected chi connectivity index (χ0v) is 15.7. The Labute approximate surface area is 158 Å². The summed E-state index contributed by atoms with van der Waals surface area (Å²) >= 11 is 3.28. The van der Waals surface area contributed by atoms with Gasteiger partial charge in [0.2, 0.25) is 11.7 Å². The predicted molar refractivity (Wildman–Crippen MR) is 96.9 cm³/mol. The minimum atomic E-state index is -0.394. The molecule has 6 nitrogen and oxygen atoms in total. The number of hydrogen-bond acceptors (Lipinski definition) is 4. The molecule has 0 saturated carbocycles. The molecular formula is C18H17BrFN3O3. The molecule has 0 N–H and O–H groups in total. The number of carbonyl (C=O) groups is 2. The van der Waals surface area contributed by atoms with Crippen LogP contribution in [-0.4, -0.2) is 52.9 Å². The van der Waals surface area contributed by atoms with Crippen LogP contribution in [0, 0.1) is 12.7 Å². The van der Waals surface area contributed by atoms with Gasteiger partial charge >= 0.3 is 0 Å². The number of halogens is 2. The van der Waals surface area contributed by atoms with Gasteiger partial charge in [-0.3, -0.25) is 9.59 Å². The molecule has 1 aliphatic rings. The molecule has 2 aromatic rings. The Kier molecular flexibility index (Phi) is 5.51. The standard InChI is InChI=1S/C18H17BrFN3O3/c1-12-10-16(26-21-12)18(25)23-8-6-22(7-9-23)17(24)5-2-13-11-14(19)3-4-15(13)20/h2-5,10-11H,6-9H2,1H3/b5-2+. The van der Waals surface area contributed by atoms with Crippen molar-refractivity contribution in [3.05, 3.63) is 57.6 Å². The van der Waals surface area contributed by atoms with Gasteiger partial charge in [-0.05, 0) is 31.2 Å². The van der Waals surface area contributed by atoms with Crippen LogP contribution in [0.15, 0.2) is 39.3 Å². The topological polar surface area (TPSA) is 66.7 Å². The maximum Gasteiger partial charge on any atom is 0.292 e. The van der Waals surface area contributed by atoms with Crippen molar-refractivity contribution in [3.8, 4) is 0 Å². The van der Waals surface area contributed by atoms with Crippen molar-refractivity contribution < 1.29 is 18.5 Å². The van der Waals surface area contributed by atoms with Crippen LogP contribution in [-0.2, 0) is 4.79 Å². The van der Waals surface area contributed by atoms with Gasteiger partial charge in [0.1, 0.15) is 5.82 Å². The Morgan fingerprint density at radius 3 is 2.54 bits per heavy atom. The quantitative estimate of drug-likeness (QED) is 0.714. The highest BCUT2D eigenvalue weighted by atomic mass is 79.9. The first-order valence-electron chi connectivity index (χ1n) is 8.08. The minimum Gasteiger partial charge on any atom is -0.351 e. The summed E-state index contributed by atoms with van der Waals surface area (Å²) in [5.74, 6) is -0.640. The molecule has 0 aliphatic carbocycles. The van der Waals surface area contributed by atoms with Crippen molar-refractivity contribution in [2.24, 2.45) is 0 Å². The van der Waals surface area contributed by atoms with Crippen LogP contribution in [0.25, 0.3) is 6.08 Å². The lowest BCUT2D eigenvalue weighted by Crippen LogP contribution is -2.50. The van der Waals surface area contributed by atoms with Gasteiger partial charge < -0.3 is 14.3 Å². The van der Waals surface area contributed by atoms with Crippen molar-refractivity contribution in [3.63, 3.8) is 0 Å². The SMILES string of the molecule is Cc1cc(C(=O)N2CCN(C(=O)/C=C/c3cc(Br)ccc3F)CC2)on1.